The number of hydrogen-bond acceptors (Lipinski definition) is 4. The quantitative estimate of drug-likeness (QED) is 0.504. The first kappa shape index (κ1) is 19.7. The van der Waals surface area contributed by atoms with Gasteiger partial charge in [0, 0.05) is 25.0 Å². The zero-order valence-electron chi connectivity index (χ0n) is 15.4. The Balaban J connectivity index is 1.67. The van der Waals surface area contributed by atoms with Crippen molar-refractivity contribution in [1.82, 2.24) is 24.7 Å². The molecule has 2 amide bonds. The van der Waals surface area contributed by atoms with E-state index in [0.717, 1.165) is 6.20 Å². The number of carbonyl (C=O) groups excluding carboxylic acids is 2. The number of nitrogens with zero attached hydrogens (tertiary/aromatic N) is 4. The van der Waals surface area contributed by atoms with E-state index in [9.17, 15) is 22.8 Å². The van der Waals surface area contributed by atoms with Crippen LogP contribution in [0.5, 0.6) is 0 Å². The normalized spacial score (nSPS) is 13.8. The van der Waals surface area contributed by atoms with E-state index in [4.69, 9.17) is 5.21 Å². The number of hydrogen-bond donors (Lipinski definition) is 2. The summed E-state index contributed by atoms with van der Waals surface area (Å²) in [5.74, 6) is -1.51. The van der Waals surface area contributed by atoms with Crippen LogP contribution in [0.25, 0.3) is 5.69 Å². The van der Waals surface area contributed by atoms with Crippen LogP contribution in [0.15, 0.2) is 48.8 Å². The van der Waals surface area contributed by atoms with Crippen LogP contribution in [0.4, 0.5) is 13.2 Å². The molecule has 0 saturated heterocycles. The molecule has 0 bridgehead atoms. The highest BCUT2D eigenvalue weighted by atomic mass is 19.4. The Morgan fingerprint density at radius 3 is 2.53 bits per heavy atom. The Morgan fingerprint density at radius 1 is 1.13 bits per heavy atom. The van der Waals surface area contributed by atoms with Crippen LogP contribution in [0, 0.1) is 0 Å². The Morgan fingerprint density at radius 2 is 1.87 bits per heavy atom. The predicted octanol–water partition coefficient (Wildman–Crippen LogP) is 2.47. The molecule has 0 atom stereocenters. The molecule has 0 fully saturated rings. The van der Waals surface area contributed by atoms with Gasteiger partial charge in [0.2, 0.25) is 0 Å². The van der Waals surface area contributed by atoms with Gasteiger partial charge in [0.25, 0.3) is 11.8 Å². The van der Waals surface area contributed by atoms with Gasteiger partial charge in [0.05, 0.1) is 29.6 Å². The molecule has 11 heteroatoms. The molecule has 2 aromatic heterocycles. The maximum absolute atomic E-state index is 13.8. The molecule has 1 aromatic carbocycles. The zero-order chi connectivity index (χ0) is 21.5. The fraction of sp³-hybridized carbons (Fsp3) is 0.211. The largest absolute Gasteiger partial charge is 0.434 e. The van der Waals surface area contributed by atoms with Gasteiger partial charge in [-0.3, -0.25) is 14.8 Å². The van der Waals surface area contributed by atoms with Crippen molar-refractivity contribution in [2.75, 3.05) is 6.54 Å². The van der Waals surface area contributed by atoms with Crippen LogP contribution >= 0.6 is 0 Å². The van der Waals surface area contributed by atoms with Crippen LogP contribution in [-0.2, 0) is 19.3 Å². The lowest BCUT2D eigenvalue weighted by Crippen LogP contribution is -2.38. The van der Waals surface area contributed by atoms with Crippen molar-refractivity contribution in [3.05, 3.63) is 71.3 Å². The summed E-state index contributed by atoms with van der Waals surface area (Å²) in [4.78, 5) is 25.8. The van der Waals surface area contributed by atoms with Crippen molar-refractivity contribution in [3.8, 4) is 5.69 Å². The Hall–Kier alpha value is -3.60. The van der Waals surface area contributed by atoms with Crippen molar-refractivity contribution in [2.45, 2.75) is 19.3 Å². The SMILES string of the molecule is O=C(NO)c1cc2n(c1)CCN(C(=O)c1cnn(-c3ccccc3)c1C(F)(F)F)C2. The lowest BCUT2D eigenvalue weighted by Gasteiger charge is -2.28. The van der Waals surface area contributed by atoms with Crippen LogP contribution in [0.3, 0.4) is 0 Å². The molecular formula is C19H16F3N5O3. The number of hydroxylamine groups is 1. The minimum atomic E-state index is -4.79. The predicted molar refractivity (Wildman–Crippen MR) is 97.0 cm³/mol. The lowest BCUT2D eigenvalue weighted by molar-refractivity contribution is -0.143. The van der Waals surface area contributed by atoms with Gasteiger partial charge in [-0.2, -0.15) is 18.3 Å². The lowest BCUT2D eigenvalue weighted by atomic mass is 10.1. The van der Waals surface area contributed by atoms with Crippen LogP contribution < -0.4 is 5.48 Å². The average Bonchev–Trinajstić information content (AvgIpc) is 3.37. The second-order valence-corrected chi connectivity index (χ2v) is 6.73. The molecule has 1 aliphatic heterocycles. The molecule has 1 aliphatic rings. The number of fused-ring (bicyclic) bond motifs is 1. The van der Waals surface area contributed by atoms with Crippen molar-refractivity contribution < 1.29 is 28.0 Å². The Bertz CT molecular complexity index is 1100. The fourth-order valence-electron chi connectivity index (χ4n) is 3.47. The van der Waals surface area contributed by atoms with Crippen LogP contribution in [0.1, 0.15) is 32.1 Å². The molecule has 3 heterocycles. The molecule has 2 N–H and O–H groups in total. The maximum atomic E-state index is 13.8. The molecule has 8 nitrogen and oxygen atoms in total. The van der Waals surface area contributed by atoms with Gasteiger partial charge in [-0.05, 0) is 18.2 Å². The second-order valence-electron chi connectivity index (χ2n) is 6.73. The Labute approximate surface area is 168 Å². The third-order valence-electron chi connectivity index (χ3n) is 4.87. The van der Waals surface area contributed by atoms with Gasteiger partial charge in [0.1, 0.15) is 0 Å². The second kappa shape index (κ2) is 7.34. The monoisotopic (exact) mass is 419 g/mol. The first-order valence-corrected chi connectivity index (χ1v) is 8.93. The summed E-state index contributed by atoms with van der Waals surface area (Å²) in [7, 11) is 0. The highest BCUT2D eigenvalue weighted by Gasteiger charge is 2.41. The van der Waals surface area contributed by atoms with Crippen molar-refractivity contribution in [3.63, 3.8) is 0 Å². The number of rotatable bonds is 3. The molecule has 30 heavy (non-hydrogen) atoms. The van der Waals surface area contributed by atoms with Crippen molar-refractivity contribution in [2.24, 2.45) is 0 Å². The summed E-state index contributed by atoms with van der Waals surface area (Å²) in [5, 5.41) is 12.6. The van der Waals surface area contributed by atoms with Gasteiger partial charge in [0.15, 0.2) is 5.69 Å². The highest BCUT2D eigenvalue weighted by Crippen LogP contribution is 2.34. The van der Waals surface area contributed by atoms with E-state index in [0.29, 0.717) is 16.9 Å². The summed E-state index contributed by atoms with van der Waals surface area (Å²) >= 11 is 0. The van der Waals surface area contributed by atoms with Crippen molar-refractivity contribution in [1.29, 1.82) is 0 Å². The smallest absolute Gasteiger partial charge is 0.347 e. The molecule has 0 aliphatic carbocycles. The summed E-state index contributed by atoms with van der Waals surface area (Å²) in [6.07, 6.45) is -2.35. The van der Waals surface area contributed by atoms with Gasteiger partial charge in [-0.25, -0.2) is 10.2 Å². The minimum absolute atomic E-state index is 0.0192. The number of para-hydroxylation sites is 1. The van der Waals surface area contributed by atoms with E-state index in [2.05, 4.69) is 5.10 Å². The van der Waals surface area contributed by atoms with Gasteiger partial charge in [-0.15, -0.1) is 0 Å². The molecule has 0 saturated carbocycles. The number of aromatic nitrogens is 3. The third-order valence-corrected chi connectivity index (χ3v) is 4.87. The number of carbonyl (C=O) groups is 2. The number of alkyl halides is 3. The van der Waals surface area contributed by atoms with E-state index in [1.54, 1.807) is 22.8 Å². The minimum Gasteiger partial charge on any atom is -0.347 e. The number of benzene rings is 1. The van der Waals surface area contributed by atoms with E-state index in [-0.39, 0.29) is 24.3 Å². The number of nitrogens with one attached hydrogen (secondary N) is 1. The number of amides is 2. The fourth-order valence-corrected chi connectivity index (χ4v) is 3.47. The third kappa shape index (κ3) is 3.43. The summed E-state index contributed by atoms with van der Waals surface area (Å²) < 4.78 is 43.9. The van der Waals surface area contributed by atoms with Gasteiger partial charge in [-0.1, -0.05) is 18.2 Å². The topological polar surface area (TPSA) is 92.4 Å². The summed E-state index contributed by atoms with van der Waals surface area (Å²) in [6, 6.07) is 9.24. The van der Waals surface area contributed by atoms with Crippen LogP contribution in [0.2, 0.25) is 0 Å². The highest BCUT2D eigenvalue weighted by molar-refractivity contribution is 5.96. The van der Waals surface area contributed by atoms with Crippen molar-refractivity contribution >= 4 is 11.8 Å². The first-order valence-electron chi connectivity index (χ1n) is 8.93. The molecule has 0 unspecified atom stereocenters. The van der Waals surface area contributed by atoms with E-state index in [1.807, 2.05) is 0 Å². The molecule has 4 rings (SSSR count). The molecule has 156 valence electrons. The molecule has 0 radical (unpaired) electrons. The van der Waals surface area contributed by atoms with E-state index < -0.39 is 29.2 Å². The zero-order valence-corrected chi connectivity index (χ0v) is 15.4. The first-order chi connectivity index (χ1) is 14.3. The summed E-state index contributed by atoms with van der Waals surface area (Å²) in [5.41, 5.74) is 0.790. The Kier molecular flexibility index (Phi) is 4.82. The van der Waals surface area contributed by atoms with Gasteiger partial charge >= 0.3 is 6.18 Å². The van der Waals surface area contributed by atoms with E-state index in [1.165, 1.54) is 34.8 Å². The van der Waals surface area contributed by atoms with Crippen LogP contribution in [-0.4, -0.2) is 42.8 Å². The number of halogens is 3. The maximum Gasteiger partial charge on any atom is 0.434 e. The van der Waals surface area contributed by atoms with E-state index >= 15 is 0 Å². The average molecular weight is 419 g/mol. The summed E-state index contributed by atoms with van der Waals surface area (Å²) in [6.45, 7) is 0.480. The van der Waals surface area contributed by atoms with Gasteiger partial charge < -0.3 is 9.47 Å². The molecule has 3 aromatic rings. The standard InChI is InChI=1S/C19H16F3N5O3/c20-19(21,22)16-15(9-23-27(16)13-4-2-1-3-5-13)18(29)26-7-6-25-10-12(17(28)24-30)8-14(25)11-26/h1-5,8-10,30H,6-7,11H2,(H,24,28). The molecular weight excluding hydrogens is 403 g/mol. The molecule has 0 spiro atoms.